The van der Waals surface area contributed by atoms with Crippen LogP contribution in [-0.4, -0.2) is 42.7 Å². The van der Waals surface area contributed by atoms with E-state index >= 15 is 0 Å². The highest BCUT2D eigenvalue weighted by Gasteiger charge is 2.42. The average molecular weight is 381 g/mol. The highest BCUT2D eigenvalue weighted by Crippen LogP contribution is 2.47. The van der Waals surface area contributed by atoms with Gasteiger partial charge in [0.05, 0.1) is 19.0 Å². The van der Waals surface area contributed by atoms with Gasteiger partial charge in [0.1, 0.15) is 18.1 Å². The van der Waals surface area contributed by atoms with Gasteiger partial charge in [0.2, 0.25) is 0 Å². The summed E-state index contributed by atoms with van der Waals surface area (Å²) in [5.74, 6) is 2.80. The van der Waals surface area contributed by atoms with Crippen molar-refractivity contribution in [2.45, 2.75) is 44.6 Å². The zero-order chi connectivity index (χ0) is 18.9. The smallest absolute Gasteiger partial charge is 0.382 e. The Bertz CT molecular complexity index is 894. The first-order valence-corrected chi connectivity index (χ1v) is 9.49. The maximum atomic E-state index is 11.9. The number of phosphoric acid groups is 1. The molecule has 2 aromatic heterocycles. The van der Waals surface area contributed by atoms with Gasteiger partial charge in [-0.05, 0) is 26.7 Å². The third-order valence-electron chi connectivity index (χ3n) is 3.92. The molecule has 0 aromatic carbocycles. The van der Waals surface area contributed by atoms with Gasteiger partial charge in [0, 0.05) is 0 Å². The first-order chi connectivity index (χ1) is 12.3. The van der Waals surface area contributed by atoms with Crippen molar-refractivity contribution in [3.05, 3.63) is 12.7 Å². The van der Waals surface area contributed by atoms with Crippen molar-refractivity contribution < 1.29 is 23.2 Å². The van der Waals surface area contributed by atoms with Crippen molar-refractivity contribution in [1.82, 2.24) is 19.5 Å². The second-order valence-electron chi connectivity index (χ2n) is 6.23. The molecule has 0 spiro atoms. The molecule has 3 atom stereocenters. The van der Waals surface area contributed by atoms with E-state index in [2.05, 4.69) is 20.9 Å². The number of fused-ring (bicyclic) bond motifs is 1. The lowest BCUT2D eigenvalue weighted by atomic mass is 10.0. The molecule has 140 valence electrons. The first-order valence-electron chi connectivity index (χ1n) is 7.99. The highest BCUT2D eigenvalue weighted by molar-refractivity contribution is 7.47. The highest BCUT2D eigenvalue weighted by atomic mass is 31.2. The minimum atomic E-state index is -4.21. The molecular formula is C15H20N5O5P. The van der Waals surface area contributed by atoms with Crippen LogP contribution >= 0.6 is 7.82 Å². The number of nitrogens with zero attached hydrogens (tertiary/aromatic N) is 4. The number of anilines is 1. The van der Waals surface area contributed by atoms with Crippen molar-refractivity contribution in [2.75, 3.05) is 12.3 Å². The van der Waals surface area contributed by atoms with Crippen LogP contribution in [0.3, 0.4) is 0 Å². The molecule has 3 N–H and O–H groups in total. The monoisotopic (exact) mass is 381 g/mol. The Balaban J connectivity index is 1.76. The Hall–Kier alpha value is -2.02. The van der Waals surface area contributed by atoms with Crippen molar-refractivity contribution >= 4 is 24.8 Å². The molecule has 3 unspecified atom stereocenters. The number of phosphoric ester groups is 1. The molecule has 0 radical (unpaired) electrons. The number of hydrogen-bond donors (Lipinski definition) is 2. The Kier molecular flexibility index (Phi) is 5.01. The molecule has 2 aromatic rings. The van der Waals surface area contributed by atoms with Gasteiger partial charge in [0.25, 0.3) is 0 Å². The van der Waals surface area contributed by atoms with E-state index in [4.69, 9.17) is 25.9 Å². The maximum Gasteiger partial charge on any atom is 0.472 e. The number of hydrogen-bond acceptors (Lipinski definition) is 8. The topological polar surface area (TPSA) is 135 Å². The molecule has 1 aliphatic rings. The van der Waals surface area contributed by atoms with E-state index in [9.17, 15) is 9.46 Å². The van der Waals surface area contributed by atoms with E-state index in [1.54, 1.807) is 24.7 Å². The van der Waals surface area contributed by atoms with E-state index in [1.165, 1.54) is 6.33 Å². The Morgan fingerprint density at radius 3 is 3.04 bits per heavy atom. The van der Waals surface area contributed by atoms with Crippen LogP contribution in [0.2, 0.25) is 0 Å². The van der Waals surface area contributed by atoms with Gasteiger partial charge in [-0.15, -0.1) is 6.42 Å². The number of imidazole rings is 1. The lowest BCUT2D eigenvalue weighted by Crippen LogP contribution is -2.32. The number of nitrogens with two attached hydrogens (primary N) is 1. The van der Waals surface area contributed by atoms with Crippen LogP contribution in [0.1, 0.15) is 32.9 Å². The SMILES string of the molecule is C#CC1(COP(=O)(O)OC(C)C)CCC(n2cnc3c(N)ncnc32)O1. The standard InChI is InChI=1S/C15H20N5O5P/c1-4-15(7-23-26(21,22)25-10(2)3)6-5-11(24-15)20-9-19-12-13(16)17-8-18-14(12)20/h1,8-11H,5-7H2,2-3H3,(H,21,22)(H2,16,17,18). The van der Waals surface area contributed by atoms with Crippen LogP contribution in [0.4, 0.5) is 5.82 Å². The molecule has 3 rings (SSSR count). The molecular weight excluding hydrogens is 361 g/mol. The normalized spacial score (nSPS) is 25.4. The van der Waals surface area contributed by atoms with E-state index < -0.39 is 25.8 Å². The fourth-order valence-electron chi connectivity index (χ4n) is 2.75. The molecule has 26 heavy (non-hydrogen) atoms. The number of terminal acetylenes is 1. The predicted molar refractivity (Wildman–Crippen MR) is 92.7 cm³/mol. The minimum absolute atomic E-state index is 0.269. The third kappa shape index (κ3) is 3.72. The van der Waals surface area contributed by atoms with Crippen LogP contribution in [0.15, 0.2) is 12.7 Å². The number of nitrogen functional groups attached to an aromatic ring is 1. The van der Waals surface area contributed by atoms with Crippen molar-refractivity contribution in [3.8, 4) is 12.3 Å². The van der Waals surface area contributed by atoms with Gasteiger partial charge in [0.15, 0.2) is 17.1 Å². The molecule has 10 nitrogen and oxygen atoms in total. The van der Waals surface area contributed by atoms with Crippen LogP contribution < -0.4 is 5.73 Å². The van der Waals surface area contributed by atoms with Gasteiger partial charge < -0.3 is 15.4 Å². The molecule has 0 aliphatic carbocycles. The zero-order valence-electron chi connectivity index (χ0n) is 14.4. The van der Waals surface area contributed by atoms with Crippen molar-refractivity contribution in [1.29, 1.82) is 0 Å². The van der Waals surface area contributed by atoms with Gasteiger partial charge in [-0.1, -0.05) is 5.92 Å². The summed E-state index contributed by atoms with van der Waals surface area (Å²) in [7, 11) is -4.21. The van der Waals surface area contributed by atoms with Gasteiger partial charge in [-0.2, -0.15) is 0 Å². The molecule has 11 heteroatoms. The van der Waals surface area contributed by atoms with E-state index in [0.29, 0.717) is 24.0 Å². The Morgan fingerprint density at radius 1 is 1.58 bits per heavy atom. The predicted octanol–water partition coefficient (Wildman–Crippen LogP) is 1.63. The first kappa shape index (κ1) is 18.8. The molecule has 0 bridgehead atoms. The van der Waals surface area contributed by atoms with Gasteiger partial charge in [-0.25, -0.2) is 19.5 Å². The molecule has 3 heterocycles. The summed E-state index contributed by atoms with van der Waals surface area (Å²) in [6, 6.07) is 0. The number of rotatable bonds is 6. The van der Waals surface area contributed by atoms with Crippen LogP contribution in [0, 0.1) is 12.3 Å². The number of ether oxygens (including phenoxy) is 1. The number of aromatic nitrogens is 4. The maximum absolute atomic E-state index is 11.9. The van der Waals surface area contributed by atoms with Crippen LogP contribution in [-0.2, 0) is 18.3 Å². The summed E-state index contributed by atoms with van der Waals surface area (Å²) in [5, 5.41) is 0. The lowest BCUT2D eigenvalue weighted by molar-refractivity contribution is -0.0627. The summed E-state index contributed by atoms with van der Waals surface area (Å²) in [6.45, 7) is 2.98. The third-order valence-corrected chi connectivity index (χ3v) is 5.07. The minimum Gasteiger partial charge on any atom is -0.382 e. The lowest BCUT2D eigenvalue weighted by Gasteiger charge is -2.25. The molecule has 1 saturated heterocycles. The zero-order valence-corrected chi connectivity index (χ0v) is 15.3. The summed E-state index contributed by atoms with van der Waals surface area (Å²) in [5.41, 5.74) is 5.62. The average Bonchev–Trinajstić information content (AvgIpc) is 3.17. The summed E-state index contributed by atoms with van der Waals surface area (Å²) >= 11 is 0. The molecule has 1 aliphatic heterocycles. The second kappa shape index (κ2) is 6.95. The Morgan fingerprint density at radius 2 is 2.35 bits per heavy atom. The van der Waals surface area contributed by atoms with E-state index in [1.807, 2.05) is 0 Å². The Labute approximate surface area is 150 Å². The quantitative estimate of drug-likeness (QED) is 0.565. The van der Waals surface area contributed by atoms with E-state index in [-0.39, 0.29) is 12.4 Å². The van der Waals surface area contributed by atoms with Crippen LogP contribution in [0.5, 0.6) is 0 Å². The van der Waals surface area contributed by atoms with Crippen LogP contribution in [0.25, 0.3) is 11.2 Å². The molecule has 0 amide bonds. The van der Waals surface area contributed by atoms with Gasteiger partial charge in [-0.3, -0.25) is 13.6 Å². The van der Waals surface area contributed by atoms with Gasteiger partial charge >= 0.3 is 7.82 Å². The van der Waals surface area contributed by atoms with Crippen molar-refractivity contribution in [3.63, 3.8) is 0 Å². The molecule has 1 fully saturated rings. The van der Waals surface area contributed by atoms with E-state index in [0.717, 1.165) is 0 Å². The second-order valence-corrected chi connectivity index (χ2v) is 7.64. The fraction of sp³-hybridized carbons (Fsp3) is 0.533. The largest absolute Gasteiger partial charge is 0.472 e. The molecule has 0 saturated carbocycles. The van der Waals surface area contributed by atoms with Crippen molar-refractivity contribution in [2.24, 2.45) is 0 Å². The fourth-order valence-corrected chi connectivity index (χ4v) is 3.71. The summed E-state index contributed by atoms with van der Waals surface area (Å²) in [6.07, 6.45) is 8.55. The summed E-state index contributed by atoms with van der Waals surface area (Å²) in [4.78, 5) is 22.0. The summed E-state index contributed by atoms with van der Waals surface area (Å²) < 4.78 is 29.5.